The zero-order chi connectivity index (χ0) is 13.7. The lowest BCUT2D eigenvalue weighted by atomic mass is 10.1. The smallest absolute Gasteiger partial charge is 0.230 e. The molecule has 0 spiro atoms. The van der Waals surface area contributed by atoms with E-state index in [0.717, 1.165) is 4.90 Å². The molecule has 100 valence electrons. The van der Waals surface area contributed by atoms with Crippen LogP contribution in [-0.4, -0.2) is 29.4 Å². The maximum absolute atomic E-state index is 11.5. The number of rotatable bonds is 5. The van der Waals surface area contributed by atoms with Crippen LogP contribution in [0, 0.1) is 0 Å². The van der Waals surface area contributed by atoms with Gasteiger partial charge in [0.15, 0.2) is 0 Å². The molecule has 0 saturated heterocycles. The van der Waals surface area contributed by atoms with Crippen molar-refractivity contribution in [2.45, 2.75) is 17.9 Å². The van der Waals surface area contributed by atoms with Crippen molar-refractivity contribution >= 4 is 28.4 Å². The molecule has 4 heteroatoms. The van der Waals surface area contributed by atoms with E-state index in [-0.39, 0.29) is 5.91 Å². The fraction of sp³-hybridized carbons (Fsp3) is 0.267. The third-order valence-corrected chi connectivity index (χ3v) is 3.68. The number of benzene rings is 2. The van der Waals surface area contributed by atoms with Gasteiger partial charge in [-0.05, 0) is 29.8 Å². The van der Waals surface area contributed by atoms with Crippen molar-refractivity contribution in [3.05, 3.63) is 42.5 Å². The van der Waals surface area contributed by atoms with Crippen molar-refractivity contribution in [1.29, 1.82) is 0 Å². The molecule has 1 amide bonds. The Hall–Kier alpha value is -1.52. The summed E-state index contributed by atoms with van der Waals surface area (Å²) in [5.41, 5.74) is 0. The normalized spacial score (nSPS) is 12.3. The van der Waals surface area contributed by atoms with Crippen LogP contribution in [0.25, 0.3) is 10.8 Å². The van der Waals surface area contributed by atoms with E-state index >= 15 is 0 Å². The Morgan fingerprint density at radius 1 is 1.26 bits per heavy atom. The topological polar surface area (TPSA) is 49.3 Å². The Balaban J connectivity index is 1.92. The van der Waals surface area contributed by atoms with E-state index in [1.807, 2.05) is 18.2 Å². The van der Waals surface area contributed by atoms with Crippen molar-refractivity contribution in [2.24, 2.45) is 0 Å². The van der Waals surface area contributed by atoms with Crippen LogP contribution in [0.4, 0.5) is 0 Å². The molecule has 2 N–H and O–H groups in total. The van der Waals surface area contributed by atoms with Crippen LogP contribution >= 0.6 is 11.8 Å². The average Bonchev–Trinajstić information content (AvgIpc) is 2.42. The minimum atomic E-state index is -0.505. The molecule has 0 bridgehead atoms. The van der Waals surface area contributed by atoms with Crippen molar-refractivity contribution < 1.29 is 9.90 Å². The van der Waals surface area contributed by atoms with E-state index in [1.54, 1.807) is 6.92 Å². The molecule has 0 aliphatic carbocycles. The molecule has 2 rings (SSSR count). The van der Waals surface area contributed by atoms with Gasteiger partial charge in [-0.3, -0.25) is 4.79 Å². The minimum Gasteiger partial charge on any atom is -0.392 e. The van der Waals surface area contributed by atoms with E-state index < -0.39 is 6.10 Å². The predicted molar refractivity (Wildman–Crippen MR) is 79.4 cm³/mol. The summed E-state index contributed by atoms with van der Waals surface area (Å²) in [5, 5.41) is 14.1. The number of carbonyl (C=O) groups is 1. The monoisotopic (exact) mass is 275 g/mol. The highest BCUT2D eigenvalue weighted by atomic mass is 32.2. The highest BCUT2D eigenvalue weighted by molar-refractivity contribution is 8.00. The molecule has 0 radical (unpaired) electrons. The number of thioether (sulfide) groups is 1. The molecule has 2 aromatic carbocycles. The Kier molecular flexibility index (Phi) is 4.82. The molecule has 0 saturated carbocycles. The molecule has 3 nitrogen and oxygen atoms in total. The highest BCUT2D eigenvalue weighted by Gasteiger charge is 2.04. The van der Waals surface area contributed by atoms with Gasteiger partial charge >= 0.3 is 0 Å². The zero-order valence-electron chi connectivity index (χ0n) is 10.8. The van der Waals surface area contributed by atoms with Crippen LogP contribution in [0.3, 0.4) is 0 Å². The number of fused-ring (bicyclic) bond motifs is 1. The summed E-state index contributed by atoms with van der Waals surface area (Å²) in [6.07, 6.45) is -0.505. The van der Waals surface area contributed by atoms with Crippen LogP contribution < -0.4 is 5.32 Å². The van der Waals surface area contributed by atoms with Crippen molar-refractivity contribution in [2.75, 3.05) is 12.3 Å². The average molecular weight is 275 g/mol. The first-order valence-electron chi connectivity index (χ1n) is 6.21. The number of amides is 1. The molecule has 1 atom stereocenters. The number of aliphatic hydroxyl groups excluding tert-OH is 1. The SMILES string of the molecule is C[C@@H](O)CNC(=O)CSc1ccc2ccccc2c1. The van der Waals surface area contributed by atoms with Crippen LogP contribution in [0.15, 0.2) is 47.4 Å². The van der Waals surface area contributed by atoms with Crippen LogP contribution in [0.2, 0.25) is 0 Å². The largest absolute Gasteiger partial charge is 0.392 e. The molecule has 0 aliphatic heterocycles. The second-order valence-corrected chi connectivity index (χ2v) is 5.50. The van der Waals surface area contributed by atoms with Gasteiger partial charge in [-0.1, -0.05) is 30.3 Å². The summed E-state index contributed by atoms with van der Waals surface area (Å²) in [7, 11) is 0. The summed E-state index contributed by atoms with van der Waals surface area (Å²) in [6, 6.07) is 14.3. The molecule has 0 aliphatic rings. The number of hydrogen-bond donors (Lipinski definition) is 2. The van der Waals surface area contributed by atoms with Crippen molar-refractivity contribution in [3.63, 3.8) is 0 Å². The van der Waals surface area contributed by atoms with Gasteiger partial charge in [0.1, 0.15) is 0 Å². The van der Waals surface area contributed by atoms with Crippen LogP contribution in [-0.2, 0) is 4.79 Å². The number of nitrogens with one attached hydrogen (secondary N) is 1. The molecule has 2 aromatic rings. The fourth-order valence-electron chi connectivity index (χ4n) is 1.72. The van der Waals surface area contributed by atoms with Gasteiger partial charge < -0.3 is 10.4 Å². The highest BCUT2D eigenvalue weighted by Crippen LogP contribution is 2.23. The first-order valence-corrected chi connectivity index (χ1v) is 7.20. The first kappa shape index (κ1) is 13.9. The van der Waals surface area contributed by atoms with Crippen LogP contribution in [0.1, 0.15) is 6.92 Å². The van der Waals surface area contributed by atoms with E-state index in [2.05, 4.69) is 29.6 Å². The Morgan fingerprint density at radius 3 is 2.74 bits per heavy atom. The Morgan fingerprint density at radius 2 is 2.00 bits per heavy atom. The van der Waals surface area contributed by atoms with Crippen LogP contribution in [0.5, 0.6) is 0 Å². The van der Waals surface area contributed by atoms with Gasteiger partial charge in [-0.2, -0.15) is 0 Å². The lowest BCUT2D eigenvalue weighted by molar-refractivity contribution is -0.118. The molecular formula is C15H17NO2S. The molecular weight excluding hydrogens is 258 g/mol. The summed E-state index contributed by atoms with van der Waals surface area (Å²) >= 11 is 1.50. The summed E-state index contributed by atoms with van der Waals surface area (Å²) in [6.45, 7) is 1.95. The van der Waals surface area contributed by atoms with E-state index in [4.69, 9.17) is 5.11 Å². The predicted octanol–water partition coefficient (Wildman–Crippen LogP) is 2.43. The van der Waals surface area contributed by atoms with E-state index in [9.17, 15) is 4.79 Å². The number of carbonyl (C=O) groups excluding carboxylic acids is 1. The van der Waals surface area contributed by atoms with Gasteiger partial charge in [0.25, 0.3) is 0 Å². The maximum atomic E-state index is 11.5. The van der Waals surface area contributed by atoms with Crippen molar-refractivity contribution in [1.82, 2.24) is 5.32 Å². The third-order valence-electron chi connectivity index (χ3n) is 2.69. The molecule has 0 aromatic heterocycles. The second-order valence-electron chi connectivity index (χ2n) is 4.45. The molecule has 0 heterocycles. The van der Waals surface area contributed by atoms with E-state index in [1.165, 1.54) is 22.5 Å². The summed E-state index contributed by atoms with van der Waals surface area (Å²) in [5.74, 6) is 0.310. The quantitative estimate of drug-likeness (QED) is 0.824. The van der Waals surface area contributed by atoms with Gasteiger partial charge in [-0.25, -0.2) is 0 Å². The summed E-state index contributed by atoms with van der Waals surface area (Å²) < 4.78 is 0. The third kappa shape index (κ3) is 4.26. The Labute approximate surface area is 117 Å². The van der Waals surface area contributed by atoms with Gasteiger partial charge in [0, 0.05) is 11.4 Å². The molecule has 0 unspecified atom stereocenters. The lowest BCUT2D eigenvalue weighted by Crippen LogP contribution is -2.31. The van der Waals surface area contributed by atoms with Crippen molar-refractivity contribution in [3.8, 4) is 0 Å². The number of hydrogen-bond acceptors (Lipinski definition) is 3. The first-order chi connectivity index (χ1) is 9.15. The van der Waals surface area contributed by atoms with E-state index in [0.29, 0.717) is 12.3 Å². The number of aliphatic hydroxyl groups is 1. The standard InChI is InChI=1S/C15H17NO2S/c1-11(17)9-16-15(18)10-19-14-7-6-12-4-2-3-5-13(12)8-14/h2-8,11,17H,9-10H2,1H3,(H,16,18)/t11-/m1/s1. The summed E-state index contributed by atoms with van der Waals surface area (Å²) in [4.78, 5) is 12.6. The van der Waals surface area contributed by atoms with Gasteiger partial charge in [0.2, 0.25) is 5.91 Å². The second kappa shape index (κ2) is 6.59. The molecule has 0 fully saturated rings. The minimum absolute atomic E-state index is 0.0564. The molecule has 19 heavy (non-hydrogen) atoms. The Bertz CT molecular complexity index is 569. The lowest BCUT2D eigenvalue weighted by Gasteiger charge is -2.07. The van der Waals surface area contributed by atoms with Gasteiger partial charge in [0.05, 0.1) is 11.9 Å². The zero-order valence-corrected chi connectivity index (χ0v) is 11.6. The fourth-order valence-corrected chi connectivity index (χ4v) is 2.49. The maximum Gasteiger partial charge on any atom is 0.230 e. The van der Waals surface area contributed by atoms with Gasteiger partial charge in [-0.15, -0.1) is 11.8 Å².